The minimum Gasteiger partial charge on any atom is -0.357 e. The summed E-state index contributed by atoms with van der Waals surface area (Å²) >= 11 is 0. The minimum absolute atomic E-state index is 0.00868. The number of nitrogens with zero attached hydrogens (tertiary/aromatic N) is 4. The first kappa shape index (κ1) is 19.0. The van der Waals surface area contributed by atoms with Crippen molar-refractivity contribution in [3.63, 3.8) is 0 Å². The number of piperazine rings is 1. The lowest BCUT2D eigenvalue weighted by Gasteiger charge is -2.39. The van der Waals surface area contributed by atoms with Crippen LogP contribution in [0.4, 0.5) is 0 Å². The molecular weight excluding hydrogens is 338 g/mol. The first-order chi connectivity index (χ1) is 13.1. The predicted octanol–water partition coefficient (Wildman–Crippen LogP) is 1.77. The monoisotopic (exact) mass is 375 g/mol. The molecule has 2 saturated carbocycles. The molecule has 152 valence electrons. The van der Waals surface area contributed by atoms with Crippen LogP contribution in [0.3, 0.4) is 0 Å². The lowest BCUT2D eigenvalue weighted by atomic mass is 10.0. The van der Waals surface area contributed by atoms with Crippen molar-refractivity contribution in [1.82, 2.24) is 20.0 Å². The van der Waals surface area contributed by atoms with Crippen LogP contribution >= 0.6 is 0 Å². The molecule has 6 nitrogen and oxygen atoms in total. The van der Waals surface area contributed by atoms with E-state index in [1.807, 2.05) is 0 Å². The Morgan fingerprint density at radius 2 is 1.74 bits per heavy atom. The Labute approximate surface area is 164 Å². The molecule has 1 atom stereocenters. The van der Waals surface area contributed by atoms with Crippen LogP contribution in [-0.4, -0.2) is 85.0 Å². The zero-order valence-electron chi connectivity index (χ0n) is 17.3. The van der Waals surface area contributed by atoms with E-state index in [-0.39, 0.29) is 6.04 Å². The Morgan fingerprint density at radius 1 is 1.07 bits per heavy atom. The molecule has 6 heteroatoms. The van der Waals surface area contributed by atoms with E-state index in [4.69, 9.17) is 4.99 Å². The van der Waals surface area contributed by atoms with E-state index in [1.165, 1.54) is 25.7 Å². The van der Waals surface area contributed by atoms with Gasteiger partial charge in [-0.2, -0.15) is 0 Å². The number of hydrogen-bond donors (Lipinski definition) is 1. The Balaban J connectivity index is 1.30. The van der Waals surface area contributed by atoms with E-state index < -0.39 is 0 Å². The molecule has 0 radical (unpaired) electrons. The fourth-order valence-electron chi connectivity index (χ4n) is 4.89. The van der Waals surface area contributed by atoms with Crippen LogP contribution in [0.25, 0.3) is 0 Å². The molecule has 2 aliphatic carbocycles. The zero-order valence-corrected chi connectivity index (χ0v) is 17.3. The van der Waals surface area contributed by atoms with Crippen molar-refractivity contribution in [2.75, 3.05) is 52.4 Å². The van der Waals surface area contributed by atoms with E-state index in [9.17, 15) is 4.79 Å². The van der Waals surface area contributed by atoms with Gasteiger partial charge in [0.05, 0.1) is 6.04 Å². The van der Waals surface area contributed by atoms with Gasteiger partial charge in [0, 0.05) is 52.4 Å². The maximum absolute atomic E-state index is 12.7. The molecule has 1 amide bonds. The van der Waals surface area contributed by atoms with Gasteiger partial charge in [-0.3, -0.25) is 14.7 Å². The third kappa shape index (κ3) is 4.25. The van der Waals surface area contributed by atoms with Gasteiger partial charge in [-0.25, -0.2) is 0 Å². The van der Waals surface area contributed by atoms with E-state index in [0.29, 0.717) is 11.3 Å². The second-order valence-corrected chi connectivity index (χ2v) is 9.04. The molecule has 4 rings (SSSR count). The molecule has 0 bridgehead atoms. The standard InChI is InChI=1S/C21H37N5O/c1-3-22-20(23-16-21(8-9-21)18-6-7-18)26-14-12-24(13-15-26)17(2)19(27)25-10-4-5-11-25/h17-18H,3-16H2,1-2H3,(H,22,23). The molecule has 0 aromatic heterocycles. The maximum atomic E-state index is 12.7. The van der Waals surface area contributed by atoms with Crippen LogP contribution in [0.15, 0.2) is 4.99 Å². The zero-order chi connectivity index (χ0) is 18.9. The summed E-state index contributed by atoms with van der Waals surface area (Å²) in [5.74, 6) is 2.36. The van der Waals surface area contributed by atoms with E-state index in [2.05, 4.69) is 33.9 Å². The number of carbonyl (C=O) groups is 1. The molecule has 2 aliphatic heterocycles. The second-order valence-electron chi connectivity index (χ2n) is 9.04. The highest BCUT2D eigenvalue weighted by Gasteiger charge is 2.53. The number of amides is 1. The average Bonchev–Trinajstić information content (AvgIpc) is 3.62. The SMILES string of the molecule is CCNC(=NCC1(C2CC2)CC1)N1CCN(C(C)C(=O)N2CCCC2)CC1. The van der Waals surface area contributed by atoms with Crippen LogP contribution in [0.5, 0.6) is 0 Å². The van der Waals surface area contributed by atoms with E-state index >= 15 is 0 Å². The first-order valence-electron chi connectivity index (χ1n) is 11.2. The molecule has 27 heavy (non-hydrogen) atoms. The van der Waals surface area contributed by atoms with Gasteiger partial charge in [0.15, 0.2) is 5.96 Å². The highest BCUT2D eigenvalue weighted by molar-refractivity contribution is 5.82. The van der Waals surface area contributed by atoms with Crippen molar-refractivity contribution in [1.29, 1.82) is 0 Å². The number of carbonyl (C=O) groups excluding carboxylic acids is 1. The van der Waals surface area contributed by atoms with E-state index in [0.717, 1.165) is 77.1 Å². The Morgan fingerprint density at radius 3 is 2.30 bits per heavy atom. The third-order valence-electron chi connectivity index (χ3n) is 7.15. The van der Waals surface area contributed by atoms with Crippen molar-refractivity contribution < 1.29 is 4.79 Å². The summed E-state index contributed by atoms with van der Waals surface area (Å²) < 4.78 is 0. The fourth-order valence-corrected chi connectivity index (χ4v) is 4.89. The number of guanidine groups is 1. The Kier molecular flexibility index (Phi) is 5.62. The van der Waals surface area contributed by atoms with Gasteiger partial charge in [-0.15, -0.1) is 0 Å². The van der Waals surface area contributed by atoms with Crippen LogP contribution < -0.4 is 5.32 Å². The minimum atomic E-state index is 0.00868. The van der Waals surface area contributed by atoms with Crippen LogP contribution in [0.1, 0.15) is 52.4 Å². The summed E-state index contributed by atoms with van der Waals surface area (Å²) in [5.41, 5.74) is 0.555. The quantitative estimate of drug-likeness (QED) is 0.568. The molecule has 1 unspecified atom stereocenters. The van der Waals surface area contributed by atoms with Crippen molar-refractivity contribution in [3.05, 3.63) is 0 Å². The van der Waals surface area contributed by atoms with Gasteiger partial charge in [0.2, 0.25) is 5.91 Å². The average molecular weight is 376 g/mol. The van der Waals surface area contributed by atoms with Gasteiger partial charge in [-0.1, -0.05) is 0 Å². The topological polar surface area (TPSA) is 51.2 Å². The lowest BCUT2D eigenvalue weighted by molar-refractivity contribution is -0.135. The molecule has 2 saturated heterocycles. The van der Waals surface area contributed by atoms with E-state index in [1.54, 1.807) is 0 Å². The number of aliphatic imine (C=N–C) groups is 1. The number of likely N-dealkylation sites (tertiary alicyclic amines) is 1. The number of rotatable bonds is 6. The van der Waals surface area contributed by atoms with Crippen molar-refractivity contribution in [2.24, 2.45) is 16.3 Å². The van der Waals surface area contributed by atoms with Gasteiger partial charge in [0.25, 0.3) is 0 Å². The molecule has 1 N–H and O–H groups in total. The van der Waals surface area contributed by atoms with Gasteiger partial charge < -0.3 is 15.1 Å². The van der Waals surface area contributed by atoms with Gasteiger partial charge in [-0.05, 0) is 63.7 Å². The molecule has 0 aromatic carbocycles. The molecular formula is C21H37N5O. The fraction of sp³-hybridized carbons (Fsp3) is 0.905. The predicted molar refractivity (Wildman–Crippen MR) is 109 cm³/mol. The maximum Gasteiger partial charge on any atom is 0.239 e. The smallest absolute Gasteiger partial charge is 0.239 e. The molecule has 0 aromatic rings. The van der Waals surface area contributed by atoms with Gasteiger partial charge >= 0.3 is 0 Å². The Bertz CT molecular complexity index is 555. The lowest BCUT2D eigenvalue weighted by Crippen LogP contribution is -2.57. The number of nitrogens with one attached hydrogen (secondary N) is 1. The van der Waals surface area contributed by atoms with Crippen molar-refractivity contribution >= 4 is 11.9 Å². The normalized spacial score (nSPS) is 27.0. The Hall–Kier alpha value is -1.30. The second kappa shape index (κ2) is 7.98. The van der Waals surface area contributed by atoms with Crippen LogP contribution in [0.2, 0.25) is 0 Å². The van der Waals surface area contributed by atoms with Crippen LogP contribution in [-0.2, 0) is 4.79 Å². The summed E-state index contributed by atoms with van der Waals surface area (Å²) in [4.78, 5) is 24.5. The van der Waals surface area contributed by atoms with Gasteiger partial charge in [0.1, 0.15) is 0 Å². The molecule has 2 heterocycles. The summed E-state index contributed by atoms with van der Waals surface area (Å²) in [7, 11) is 0. The van der Waals surface area contributed by atoms with Crippen molar-refractivity contribution in [2.45, 2.75) is 58.4 Å². The highest BCUT2D eigenvalue weighted by Crippen LogP contribution is 2.61. The third-order valence-corrected chi connectivity index (χ3v) is 7.15. The highest BCUT2D eigenvalue weighted by atomic mass is 16.2. The molecule has 4 fully saturated rings. The molecule has 0 spiro atoms. The number of hydrogen-bond acceptors (Lipinski definition) is 3. The summed E-state index contributed by atoms with van der Waals surface area (Å²) in [6, 6.07) is 0.00868. The van der Waals surface area contributed by atoms with Crippen LogP contribution in [0, 0.1) is 11.3 Å². The summed E-state index contributed by atoms with van der Waals surface area (Å²) in [6.45, 7) is 11.9. The summed E-state index contributed by atoms with van der Waals surface area (Å²) in [5, 5.41) is 3.51. The largest absolute Gasteiger partial charge is 0.357 e. The molecule has 4 aliphatic rings. The summed E-state index contributed by atoms with van der Waals surface area (Å²) in [6.07, 6.45) is 7.94. The first-order valence-corrected chi connectivity index (χ1v) is 11.2. The van der Waals surface area contributed by atoms with Crippen molar-refractivity contribution in [3.8, 4) is 0 Å².